The summed E-state index contributed by atoms with van der Waals surface area (Å²) < 4.78 is 37.5. The standard InChI is InChI=1S/C15H10F3N3O4S/c16-15(17,18)9-3-1-8(2-4-9)13(23)20-14(26)19-11-6-5-10(21(24)25)7-12(11)22/h1-7,22H,(H2,19,20,23,26). The van der Waals surface area contributed by atoms with E-state index in [0.29, 0.717) is 0 Å². The summed E-state index contributed by atoms with van der Waals surface area (Å²) in [5.41, 5.74) is -1.29. The molecule has 2 rings (SSSR count). The molecule has 3 N–H and O–H groups in total. The van der Waals surface area contributed by atoms with Gasteiger partial charge in [0, 0.05) is 11.6 Å². The zero-order valence-corrected chi connectivity index (χ0v) is 13.5. The Morgan fingerprint density at radius 1 is 1.15 bits per heavy atom. The molecule has 0 saturated heterocycles. The predicted octanol–water partition coefficient (Wildman–Crippen LogP) is 3.45. The number of nitrogens with one attached hydrogen (secondary N) is 2. The van der Waals surface area contributed by atoms with Crippen molar-refractivity contribution >= 4 is 34.6 Å². The van der Waals surface area contributed by atoms with Gasteiger partial charge in [-0.25, -0.2) is 0 Å². The SMILES string of the molecule is O=C(NC(=S)Nc1ccc([N+](=O)[O-])cc1O)c1ccc(C(F)(F)F)cc1. The van der Waals surface area contributed by atoms with Crippen molar-refractivity contribution in [2.75, 3.05) is 5.32 Å². The predicted molar refractivity (Wildman–Crippen MR) is 89.9 cm³/mol. The first-order valence-electron chi connectivity index (χ1n) is 6.85. The smallest absolute Gasteiger partial charge is 0.416 e. The number of benzene rings is 2. The Morgan fingerprint density at radius 2 is 1.77 bits per heavy atom. The fraction of sp³-hybridized carbons (Fsp3) is 0.0667. The molecular formula is C15H10F3N3O4S. The summed E-state index contributed by atoms with van der Waals surface area (Å²) in [5, 5.41) is 24.7. The third kappa shape index (κ3) is 4.66. The molecule has 0 aliphatic heterocycles. The summed E-state index contributed by atoms with van der Waals surface area (Å²) >= 11 is 4.87. The number of aromatic hydroxyl groups is 1. The Labute approximate surface area is 149 Å². The normalized spacial score (nSPS) is 10.9. The highest BCUT2D eigenvalue weighted by molar-refractivity contribution is 7.80. The van der Waals surface area contributed by atoms with E-state index in [4.69, 9.17) is 12.2 Å². The highest BCUT2D eigenvalue weighted by atomic mass is 32.1. The van der Waals surface area contributed by atoms with Crippen molar-refractivity contribution in [3.05, 3.63) is 63.7 Å². The monoisotopic (exact) mass is 385 g/mol. The van der Waals surface area contributed by atoms with Gasteiger partial charge in [0.25, 0.3) is 11.6 Å². The molecule has 0 saturated carbocycles. The van der Waals surface area contributed by atoms with E-state index in [1.54, 1.807) is 0 Å². The van der Waals surface area contributed by atoms with Gasteiger partial charge in [0.1, 0.15) is 5.75 Å². The largest absolute Gasteiger partial charge is 0.506 e. The highest BCUT2D eigenvalue weighted by Crippen LogP contribution is 2.29. The van der Waals surface area contributed by atoms with Crippen LogP contribution in [0.15, 0.2) is 42.5 Å². The minimum atomic E-state index is -4.51. The number of phenolic OH excluding ortho intramolecular Hbond substituents is 1. The maximum absolute atomic E-state index is 12.5. The lowest BCUT2D eigenvalue weighted by molar-refractivity contribution is -0.384. The molecule has 0 aromatic heterocycles. The van der Waals surface area contributed by atoms with E-state index in [1.165, 1.54) is 6.07 Å². The first-order chi connectivity index (χ1) is 12.1. The number of hydrogen-bond donors (Lipinski definition) is 3. The zero-order chi connectivity index (χ0) is 19.5. The summed E-state index contributed by atoms with van der Waals surface area (Å²) in [6.45, 7) is 0. The van der Waals surface area contributed by atoms with Crippen molar-refractivity contribution in [2.24, 2.45) is 0 Å². The van der Waals surface area contributed by atoms with Gasteiger partial charge >= 0.3 is 6.18 Å². The van der Waals surface area contributed by atoms with Crippen LogP contribution in [0, 0.1) is 10.1 Å². The molecule has 1 amide bonds. The number of carbonyl (C=O) groups excluding carboxylic acids is 1. The number of nitro groups is 1. The molecule has 0 unspecified atom stereocenters. The van der Waals surface area contributed by atoms with Crippen molar-refractivity contribution in [3.8, 4) is 5.75 Å². The summed E-state index contributed by atoms with van der Waals surface area (Å²) in [6, 6.07) is 6.68. The van der Waals surface area contributed by atoms with Crippen molar-refractivity contribution in [2.45, 2.75) is 6.18 Å². The summed E-state index contributed by atoms with van der Waals surface area (Å²) in [6.07, 6.45) is -4.51. The molecule has 0 atom stereocenters. The lowest BCUT2D eigenvalue weighted by Gasteiger charge is -2.11. The molecule has 0 aliphatic rings. The molecule has 0 bridgehead atoms. The van der Waals surface area contributed by atoms with Crippen molar-refractivity contribution in [1.29, 1.82) is 0 Å². The highest BCUT2D eigenvalue weighted by Gasteiger charge is 2.30. The number of alkyl halides is 3. The van der Waals surface area contributed by atoms with Crippen LogP contribution in [0.5, 0.6) is 5.75 Å². The third-order valence-corrected chi connectivity index (χ3v) is 3.35. The molecule has 0 heterocycles. The van der Waals surface area contributed by atoms with Gasteiger partial charge in [0.15, 0.2) is 5.11 Å². The topological polar surface area (TPSA) is 104 Å². The maximum Gasteiger partial charge on any atom is 0.416 e. The molecule has 2 aromatic rings. The van der Waals surface area contributed by atoms with Gasteiger partial charge in [-0.15, -0.1) is 0 Å². The molecule has 0 fully saturated rings. The Hall–Kier alpha value is -3.21. The summed E-state index contributed by atoms with van der Waals surface area (Å²) in [7, 11) is 0. The molecule has 0 aliphatic carbocycles. The minimum absolute atomic E-state index is 0.00770. The Kier molecular flexibility index (Phi) is 5.41. The van der Waals surface area contributed by atoms with E-state index >= 15 is 0 Å². The number of non-ortho nitro benzene ring substituents is 1. The van der Waals surface area contributed by atoms with E-state index in [-0.39, 0.29) is 22.1 Å². The van der Waals surface area contributed by atoms with Crippen molar-refractivity contribution < 1.29 is 28.0 Å². The third-order valence-electron chi connectivity index (χ3n) is 3.14. The van der Waals surface area contributed by atoms with Crippen molar-refractivity contribution in [3.63, 3.8) is 0 Å². The summed E-state index contributed by atoms with van der Waals surface area (Å²) in [4.78, 5) is 21.9. The minimum Gasteiger partial charge on any atom is -0.506 e. The number of anilines is 1. The van der Waals surface area contributed by atoms with E-state index in [2.05, 4.69) is 10.6 Å². The van der Waals surface area contributed by atoms with Crippen LogP contribution >= 0.6 is 12.2 Å². The van der Waals surface area contributed by atoms with Gasteiger partial charge in [0.2, 0.25) is 0 Å². The van der Waals surface area contributed by atoms with Crippen LogP contribution in [0.2, 0.25) is 0 Å². The first-order valence-corrected chi connectivity index (χ1v) is 7.26. The molecule has 136 valence electrons. The van der Waals surface area contributed by atoms with Gasteiger partial charge in [-0.2, -0.15) is 13.2 Å². The number of halogens is 3. The van der Waals surface area contributed by atoms with Crippen LogP contribution in [0.1, 0.15) is 15.9 Å². The zero-order valence-electron chi connectivity index (χ0n) is 12.7. The van der Waals surface area contributed by atoms with Gasteiger partial charge in [-0.1, -0.05) is 0 Å². The van der Waals surface area contributed by atoms with Gasteiger partial charge in [0.05, 0.1) is 22.2 Å². The van der Waals surface area contributed by atoms with E-state index in [0.717, 1.165) is 36.4 Å². The average molecular weight is 385 g/mol. The Balaban J connectivity index is 2.03. The van der Waals surface area contributed by atoms with Crippen LogP contribution in [-0.4, -0.2) is 21.0 Å². The number of hydrogen-bond acceptors (Lipinski definition) is 5. The lowest BCUT2D eigenvalue weighted by atomic mass is 10.1. The molecular weight excluding hydrogens is 375 g/mol. The average Bonchev–Trinajstić information content (AvgIpc) is 2.55. The van der Waals surface area contributed by atoms with Gasteiger partial charge in [-0.05, 0) is 42.5 Å². The second-order valence-electron chi connectivity index (χ2n) is 4.94. The Morgan fingerprint density at radius 3 is 2.27 bits per heavy atom. The number of carbonyl (C=O) groups is 1. The summed E-state index contributed by atoms with van der Waals surface area (Å²) in [5.74, 6) is -1.23. The molecule has 0 spiro atoms. The van der Waals surface area contributed by atoms with Crippen LogP contribution in [0.4, 0.5) is 24.5 Å². The number of nitrogens with zero attached hydrogens (tertiary/aromatic N) is 1. The fourth-order valence-electron chi connectivity index (χ4n) is 1.88. The number of rotatable bonds is 3. The molecule has 0 radical (unpaired) electrons. The number of nitro benzene ring substituents is 1. The van der Waals surface area contributed by atoms with E-state index in [9.17, 15) is 33.2 Å². The van der Waals surface area contributed by atoms with E-state index in [1.807, 2.05) is 0 Å². The lowest BCUT2D eigenvalue weighted by Crippen LogP contribution is -2.34. The number of thiocarbonyl (C=S) groups is 1. The number of amides is 1. The first kappa shape index (κ1) is 19.1. The second kappa shape index (κ2) is 7.35. The molecule has 2 aromatic carbocycles. The van der Waals surface area contributed by atoms with Crippen LogP contribution in [0.25, 0.3) is 0 Å². The maximum atomic E-state index is 12.5. The fourth-order valence-corrected chi connectivity index (χ4v) is 2.08. The quantitative estimate of drug-likeness (QED) is 0.324. The second-order valence-corrected chi connectivity index (χ2v) is 5.35. The van der Waals surface area contributed by atoms with Gasteiger partial charge < -0.3 is 10.4 Å². The molecule has 7 nitrogen and oxygen atoms in total. The molecule has 26 heavy (non-hydrogen) atoms. The Bertz CT molecular complexity index is 869. The van der Waals surface area contributed by atoms with Crippen LogP contribution in [0.3, 0.4) is 0 Å². The van der Waals surface area contributed by atoms with E-state index < -0.39 is 28.3 Å². The van der Waals surface area contributed by atoms with Crippen molar-refractivity contribution in [1.82, 2.24) is 5.32 Å². The van der Waals surface area contributed by atoms with Gasteiger partial charge in [-0.3, -0.25) is 20.2 Å². The van der Waals surface area contributed by atoms with Crippen LogP contribution < -0.4 is 10.6 Å². The van der Waals surface area contributed by atoms with Crippen LogP contribution in [-0.2, 0) is 6.18 Å². The number of phenols is 1. The molecule has 11 heteroatoms.